The average molecular weight is 424 g/mol. The Labute approximate surface area is 180 Å². The van der Waals surface area contributed by atoms with E-state index in [4.69, 9.17) is 4.74 Å². The molecule has 0 radical (unpaired) electrons. The lowest BCUT2D eigenvalue weighted by atomic mass is 10.0. The largest absolute Gasteiger partial charge is 0.497 e. The highest BCUT2D eigenvalue weighted by molar-refractivity contribution is 8.00. The number of thioether (sulfide) groups is 1. The first-order valence-electron chi connectivity index (χ1n) is 10.1. The van der Waals surface area contributed by atoms with Gasteiger partial charge in [-0.2, -0.15) is 0 Å². The fourth-order valence-electron chi connectivity index (χ4n) is 3.38. The molecular formula is C22H25N5O2S. The minimum absolute atomic E-state index is 0.00252. The highest BCUT2D eigenvalue weighted by Crippen LogP contribution is 2.38. The van der Waals surface area contributed by atoms with Gasteiger partial charge in [-0.1, -0.05) is 67.6 Å². The molecule has 2 atom stereocenters. The zero-order valence-corrected chi connectivity index (χ0v) is 17.9. The van der Waals surface area contributed by atoms with E-state index in [2.05, 4.69) is 27.9 Å². The number of hydrogen-bond acceptors (Lipinski definition) is 6. The number of nitrogens with one attached hydrogen (secondary N) is 2. The summed E-state index contributed by atoms with van der Waals surface area (Å²) in [5, 5.41) is 12.1. The molecule has 0 saturated carbocycles. The molecular weight excluding hydrogens is 398 g/mol. The Morgan fingerprint density at radius 1 is 1.17 bits per heavy atom. The SMILES string of the molecule is CCCCNC(=O)[C@@H]1Sc2nnc(-c3ccccc3)n2N[C@@H]1c1ccc(OC)cc1. The first-order valence-corrected chi connectivity index (χ1v) is 10.9. The highest BCUT2D eigenvalue weighted by Gasteiger charge is 2.37. The Bertz CT molecular complexity index is 991. The Kier molecular flexibility index (Phi) is 6.23. The van der Waals surface area contributed by atoms with Crippen LogP contribution in [0.5, 0.6) is 5.75 Å². The number of hydrogen-bond donors (Lipinski definition) is 2. The maximum Gasteiger partial charge on any atom is 0.236 e. The number of aromatic nitrogens is 3. The van der Waals surface area contributed by atoms with Crippen molar-refractivity contribution in [2.45, 2.75) is 36.2 Å². The number of ether oxygens (including phenoxy) is 1. The van der Waals surface area contributed by atoms with Crippen LogP contribution in [0.2, 0.25) is 0 Å². The third kappa shape index (κ3) is 4.14. The van der Waals surface area contributed by atoms with Gasteiger partial charge in [-0.15, -0.1) is 10.2 Å². The van der Waals surface area contributed by atoms with Crippen LogP contribution in [0.4, 0.5) is 0 Å². The van der Waals surface area contributed by atoms with Crippen molar-refractivity contribution in [3.05, 3.63) is 60.2 Å². The average Bonchev–Trinajstić information content (AvgIpc) is 3.22. The van der Waals surface area contributed by atoms with Gasteiger partial charge in [-0.05, 0) is 24.1 Å². The van der Waals surface area contributed by atoms with Crippen LogP contribution in [-0.4, -0.2) is 39.7 Å². The van der Waals surface area contributed by atoms with Crippen LogP contribution in [-0.2, 0) is 4.79 Å². The lowest BCUT2D eigenvalue weighted by Gasteiger charge is -2.33. The number of unbranched alkanes of at least 4 members (excludes halogenated alkanes) is 1. The van der Waals surface area contributed by atoms with E-state index < -0.39 is 0 Å². The second-order valence-electron chi connectivity index (χ2n) is 7.07. The molecule has 0 spiro atoms. The molecule has 30 heavy (non-hydrogen) atoms. The Morgan fingerprint density at radius 2 is 1.93 bits per heavy atom. The lowest BCUT2D eigenvalue weighted by Crippen LogP contribution is -2.44. The van der Waals surface area contributed by atoms with Gasteiger partial charge in [0, 0.05) is 12.1 Å². The van der Waals surface area contributed by atoms with E-state index in [1.165, 1.54) is 11.8 Å². The summed E-state index contributed by atoms with van der Waals surface area (Å²) in [6.07, 6.45) is 1.99. The van der Waals surface area contributed by atoms with Gasteiger partial charge in [0.15, 0.2) is 5.82 Å². The fraction of sp³-hybridized carbons (Fsp3) is 0.318. The smallest absolute Gasteiger partial charge is 0.236 e. The minimum atomic E-state index is -0.365. The van der Waals surface area contributed by atoms with Crippen LogP contribution >= 0.6 is 11.8 Å². The van der Waals surface area contributed by atoms with Crippen molar-refractivity contribution in [2.24, 2.45) is 0 Å². The molecule has 1 aromatic heterocycles. The lowest BCUT2D eigenvalue weighted by molar-refractivity contribution is -0.120. The monoisotopic (exact) mass is 423 g/mol. The number of amides is 1. The first kappa shape index (κ1) is 20.3. The van der Waals surface area contributed by atoms with Gasteiger partial charge in [-0.3, -0.25) is 4.79 Å². The molecule has 2 heterocycles. The van der Waals surface area contributed by atoms with Gasteiger partial charge < -0.3 is 15.5 Å². The number of rotatable bonds is 7. The molecule has 2 aromatic carbocycles. The van der Waals surface area contributed by atoms with Crippen LogP contribution in [0.15, 0.2) is 59.8 Å². The van der Waals surface area contributed by atoms with E-state index in [9.17, 15) is 4.79 Å². The van der Waals surface area contributed by atoms with Crippen molar-refractivity contribution >= 4 is 17.7 Å². The summed E-state index contributed by atoms with van der Waals surface area (Å²) in [6, 6.07) is 17.5. The molecule has 3 aromatic rings. The molecule has 8 heteroatoms. The topological polar surface area (TPSA) is 81.1 Å². The Morgan fingerprint density at radius 3 is 2.63 bits per heavy atom. The quantitative estimate of drug-likeness (QED) is 0.565. The van der Waals surface area contributed by atoms with Crippen LogP contribution in [0, 0.1) is 0 Å². The fourth-order valence-corrected chi connectivity index (χ4v) is 4.48. The second-order valence-corrected chi connectivity index (χ2v) is 8.18. The summed E-state index contributed by atoms with van der Waals surface area (Å²) in [5.74, 6) is 1.50. The van der Waals surface area contributed by atoms with E-state index >= 15 is 0 Å². The molecule has 4 rings (SSSR count). The van der Waals surface area contributed by atoms with Crippen molar-refractivity contribution in [3.8, 4) is 17.1 Å². The predicted molar refractivity (Wildman–Crippen MR) is 118 cm³/mol. The molecule has 0 unspecified atom stereocenters. The van der Waals surface area contributed by atoms with Crippen LogP contribution in [0.1, 0.15) is 31.4 Å². The van der Waals surface area contributed by atoms with Gasteiger partial charge in [0.1, 0.15) is 11.0 Å². The van der Waals surface area contributed by atoms with Crippen LogP contribution < -0.4 is 15.5 Å². The summed E-state index contributed by atoms with van der Waals surface area (Å²) in [7, 11) is 1.64. The van der Waals surface area contributed by atoms with Crippen molar-refractivity contribution < 1.29 is 9.53 Å². The molecule has 1 amide bonds. The Hall–Kier alpha value is -3.00. The summed E-state index contributed by atoms with van der Waals surface area (Å²) >= 11 is 1.44. The number of nitrogens with zero attached hydrogens (tertiary/aromatic N) is 3. The molecule has 7 nitrogen and oxygen atoms in total. The van der Waals surface area contributed by atoms with Crippen molar-refractivity contribution in [1.82, 2.24) is 20.2 Å². The Balaban J connectivity index is 1.67. The van der Waals surface area contributed by atoms with Gasteiger partial charge >= 0.3 is 0 Å². The molecule has 2 N–H and O–H groups in total. The maximum atomic E-state index is 13.0. The van der Waals surface area contributed by atoms with Gasteiger partial charge in [-0.25, -0.2) is 4.68 Å². The van der Waals surface area contributed by atoms with Gasteiger partial charge in [0.2, 0.25) is 11.1 Å². The summed E-state index contributed by atoms with van der Waals surface area (Å²) in [5.41, 5.74) is 5.45. The molecule has 0 fully saturated rings. The van der Waals surface area contributed by atoms with E-state index in [0.717, 1.165) is 35.5 Å². The van der Waals surface area contributed by atoms with Crippen LogP contribution in [0.25, 0.3) is 11.4 Å². The standard InChI is InChI=1S/C22H25N5O2S/c1-3-4-14-23-21(28)19-18(15-10-12-17(29-2)13-11-15)26-27-20(24-25-22(27)30-19)16-8-6-5-7-9-16/h5-13,18-19,26H,3-4,14H2,1-2H3,(H,23,28)/t18-,19-/m1/s1. The molecule has 0 aliphatic carbocycles. The van der Waals surface area contributed by atoms with Gasteiger partial charge in [0.25, 0.3) is 0 Å². The molecule has 156 valence electrons. The first-order chi connectivity index (χ1) is 14.7. The number of benzene rings is 2. The molecule has 0 saturated heterocycles. The minimum Gasteiger partial charge on any atom is -0.497 e. The summed E-state index contributed by atoms with van der Waals surface area (Å²) < 4.78 is 7.17. The zero-order valence-electron chi connectivity index (χ0n) is 17.0. The molecule has 1 aliphatic rings. The second kappa shape index (κ2) is 9.21. The molecule has 0 bridgehead atoms. The van der Waals surface area contributed by atoms with E-state index in [1.807, 2.05) is 59.3 Å². The zero-order chi connectivity index (χ0) is 20.9. The number of fused-ring (bicyclic) bond motifs is 1. The van der Waals surface area contributed by atoms with Crippen molar-refractivity contribution in [2.75, 3.05) is 19.1 Å². The van der Waals surface area contributed by atoms with Crippen molar-refractivity contribution in [3.63, 3.8) is 0 Å². The predicted octanol–water partition coefficient (Wildman–Crippen LogP) is 3.63. The van der Waals surface area contributed by atoms with Crippen LogP contribution in [0.3, 0.4) is 0 Å². The third-order valence-electron chi connectivity index (χ3n) is 5.03. The number of methoxy groups -OCH3 is 1. The van der Waals surface area contributed by atoms with E-state index in [1.54, 1.807) is 7.11 Å². The normalized spacial score (nSPS) is 17.7. The van der Waals surface area contributed by atoms with E-state index in [-0.39, 0.29) is 17.2 Å². The highest BCUT2D eigenvalue weighted by atomic mass is 32.2. The van der Waals surface area contributed by atoms with Gasteiger partial charge in [0.05, 0.1) is 13.2 Å². The van der Waals surface area contributed by atoms with E-state index in [0.29, 0.717) is 11.7 Å². The number of carbonyl (C=O) groups is 1. The number of carbonyl (C=O) groups excluding carboxylic acids is 1. The summed E-state index contributed by atoms with van der Waals surface area (Å²) in [4.78, 5) is 13.0. The van der Waals surface area contributed by atoms with Crippen molar-refractivity contribution in [1.29, 1.82) is 0 Å². The summed E-state index contributed by atoms with van der Waals surface area (Å²) in [6.45, 7) is 2.78. The molecule has 1 aliphatic heterocycles. The third-order valence-corrected chi connectivity index (χ3v) is 6.25. The maximum absolute atomic E-state index is 13.0.